The first-order chi connectivity index (χ1) is 10.3. The van der Waals surface area contributed by atoms with Crippen LogP contribution in [0.15, 0.2) is 28.8 Å². The molecule has 1 saturated heterocycles. The molecule has 6 nitrogen and oxygen atoms in total. The van der Waals surface area contributed by atoms with Gasteiger partial charge in [0, 0.05) is 13.1 Å². The van der Waals surface area contributed by atoms with Gasteiger partial charge in [0.2, 0.25) is 0 Å². The van der Waals surface area contributed by atoms with Gasteiger partial charge in [-0.3, -0.25) is 4.90 Å². The molecule has 0 saturated carbocycles. The summed E-state index contributed by atoms with van der Waals surface area (Å²) in [6, 6.07) is 7.36. The molecule has 1 aromatic carbocycles. The van der Waals surface area contributed by atoms with Crippen LogP contribution in [0.1, 0.15) is 5.82 Å². The van der Waals surface area contributed by atoms with Gasteiger partial charge in [-0.1, -0.05) is 28.9 Å². The fourth-order valence-electron chi connectivity index (χ4n) is 2.30. The number of nitrogens with zero attached hydrogens (tertiary/aromatic N) is 3. The maximum absolute atomic E-state index is 9.14. The lowest BCUT2D eigenvalue weighted by atomic mass is 10.2. The molecule has 7 heteroatoms. The van der Waals surface area contributed by atoms with Gasteiger partial charge in [-0.25, -0.2) is 0 Å². The molecule has 1 aliphatic rings. The second kappa shape index (κ2) is 6.53. The first-order valence-corrected chi connectivity index (χ1v) is 7.16. The molecule has 1 aliphatic heterocycles. The van der Waals surface area contributed by atoms with Crippen LogP contribution in [-0.2, 0) is 11.3 Å². The van der Waals surface area contributed by atoms with E-state index in [-0.39, 0.29) is 12.7 Å². The van der Waals surface area contributed by atoms with Crippen LogP contribution >= 0.6 is 11.6 Å². The van der Waals surface area contributed by atoms with E-state index < -0.39 is 0 Å². The lowest BCUT2D eigenvalue weighted by Crippen LogP contribution is -2.43. The molecule has 0 bridgehead atoms. The minimum Gasteiger partial charge on any atom is -0.394 e. The highest BCUT2D eigenvalue weighted by Crippen LogP contribution is 2.26. The highest BCUT2D eigenvalue weighted by molar-refractivity contribution is 6.33. The number of rotatable bonds is 4. The van der Waals surface area contributed by atoms with E-state index in [0.29, 0.717) is 36.4 Å². The van der Waals surface area contributed by atoms with Gasteiger partial charge in [0.05, 0.1) is 36.4 Å². The van der Waals surface area contributed by atoms with E-state index in [4.69, 9.17) is 26.0 Å². The third kappa shape index (κ3) is 3.41. The number of hydrogen-bond donors (Lipinski definition) is 1. The summed E-state index contributed by atoms with van der Waals surface area (Å²) < 4.78 is 10.7. The van der Waals surface area contributed by atoms with Gasteiger partial charge in [-0.05, 0) is 12.1 Å². The first kappa shape index (κ1) is 14.5. The molecule has 112 valence electrons. The maximum atomic E-state index is 9.14. The first-order valence-electron chi connectivity index (χ1n) is 6.78. The number of aromatic nitrogens is 2. The molecule has 1 fully saturated rings. The van der Waals surface area contributed by atoms with Crippen LogP contribution in [0.5, 0.6) is 0 Å². The Morgan fingerprint density at radius 1 is 1.38 bits per heavy atom. The Bertz CT molecular complexity index is 605. The van der Waals surface area contributed by atoms with E-state index in [1.807, 2.05) is 18.2 Å². The third-order valence-electron chi connectivity index (χ3n) is 3.36. The SMILES string of the molecule is OCC1CN(Cc2noc(-c3ccccc3Cl)n2)CCO1. The van der Waals surface area contributed by atoms with E-state index in [1.165, 1.54) is 0 Å². The molecule has 2 heterocycles. The molecule has 1 atom stereocenters. The quantitative estimate of drug-likeness (QED) is 0.924. The van der Waals surface area contributed by atoms with Gasteiger partial charge in [0.1, 0.15) is 0 Å². The van der Waals surface area contributed by atoms with Crippen LogP contribution in [0.3, 0.4) is 0 Å². The zero-order valence-electron chi connectivity index (χ0n) is 11.4. The van der Waals surface area contributed by atoms with Crippen molar-refractivity contribution in [3.8, 4) is 11.5 Å². The van der Waals surface area contributed by atoms with Crippen LogP contribution in [0.25, 0.3) is 11.5 Å². The lowest BCUT2D eigenvalue weighted by Gasteiger charge is -2.30. The number of benzene rings is 1. The summed E-state index contributed by atoms with van der Waals surface area (Å²) in [4.78, 5) is 6.51. The average molecular weight is 310 g/mol. The number of ether oxygens (including phenoxy) is 1. The lowest BCUT2D eigenvalue weighted by molar-refractivity contribution is -0.0558. The molecule has 1 aromatic heterocycles. The summed E-state index contributed by atoms with van der Waals surface area (Å²) >= 11 is 6.12. The van der Waals surface area contributed by atoms with Gasteiger partial charge in [0.15, 0.2) is 5.82 Å². The summed E-state index contributed by atoms with van der Waals surface area (Å²) in [6.07, 6.45) is -0.145. The van der Waals surface area contributed by atoms with Crippen molar-refractivity contribution in [3.63, 3.8) is 0 Å². The molecule has 21 heavy (non-hydrogen) atoms. The molecule has 0 aliphatic carbocycles. The van der Waals surface area contributed by atoms with Gasteiger partial charge in [-0.15, -0.1) is 0 Å². The van der Waals surface area contributed by atoms with Crippen LogP contribution in [0.4, 0.5) is 0 Å². The van der Waals surface area contributed by atoms with Gasteiger partial charge in [-0.2, -0.15) is 4.98 Å². The largest absolute Gasteiger partial charge is 0.394 e. The van der Waals surface area contributed by atoms with E-state index in [9.17, 15) is 0 Å². The number of aliphatic hydroxyl groups excluding tert-OH is 1. The van der Waals surface area contributed by atoms with Crippen molar-refractivity contribution in [1.29, 1.82) is 0 Å². The fourth-order valence-corrected chi connectivity index (χ4v) is 2.51. The van der Waals surface area contributed by atoms with Crippen molar-refractivity contribution in [2.75, 3.05) is 26.3 Å². The van der Waals surface area contributed by atoms with E-state index in [1.54, 1.807) is 6.07 Å². The van der Waals surface area contributed by atoms with Gasteiger partial charge >= 0.3 is 0 Å². The smallest absolute Gasteiger partial charge is 0.259 e. The number of morpholine rings is 1. The van der Waals surface area contributed by atoms with Crippen molar-refractivity contribution in [3.05, 3.63) is 35.1 Å². The van der Waals surface area contributed by atoms with Gasteiger partial charge < -0.3 is 14.4 Å². The van der Waals surface area contributed by atoms with E-state index in [2.05, 4.69) is 15.0 Å². The van der Waals surface area contributed by atoms with E-state index in [0.717, 1.165) is 12.1 Å². The van der Waals surface area contributed by atoms with Crippen molar-refractivity contribution in [2.24, 2.45) is 0 Å². The Morgan fingerprint density at radius 2 is 2.24 bits per heavy atom. The zero-order valence-corrected chi connectivity index (χ0v) is 12.2. The van der Waals surface area contributed by atoms with Crippen LogP contribution in [0, 0.1) is 0 Å². The summed E-state index contributed by atoms with van der Waals surface area (Å²) in [6.45, 7) is 2.63. The molecule has 3 rings (SSSR count). The Labute approximate surface area is 127 Å². The Hall–Kier alpha value is -1.47. The zero-order chi connectivity index (χ0) is 14.7. The van der Waals surface area contributed by atoms with Crippen molar-refractivity contribution in [2.45, 2.75) is 12.6 Å². The monoisotopic (exact) mass is 309 g/mol. The molecule has 0 radical (unpaired) electrons. The standard InChI is InChI=1S/C14H16ClN3O3/c15-12-4-2-1-3-11(12)14-16-13(17-21-14)8-18-5-6-20-10(7-18)9-19/h1-4,10,19H,5-9H2. The highest BCUT2D eigenvalue weighted by atomic mass is 35.5. The Kier molecular flexibility index (Phi) is 4.50. The molecule has 1 N–H and O–H groups in total. The minimum absolute atomic E-state index is 0.0214. The summed E-state index contributed by atoms with van der Waals surface area (Å²) in [7, 11) is 0. The van der Waals surface area contributed by atoms with Crippen molar-refractivity contribution < 1.29 is 14.4 Å². The maximum Gasteiger partial charge on any atom is 0.259 e. The molecule has 2 aromatic rings. The second-order valence-corrected chi connectivity index (χ2v) is 5.31. The minimum atomic E-state index is -0.145. The molecular weight excluding hydrogens is 294 g/mol. The molecular formula is C14H16ClN3O3. The summed E-state index contributed by atoms with van der Waals surface area (Å²) in [5.74, 6) is 1.02. The summed E-state index contributed by atoms with van der Waals surface area (Å²) in [5.41, 5.74) is 0.730. The van der Waals surface area contributed by atoms with Crippen molar-refractivity contribution >= 4 is 11.6 Å². The predicted octanol–water partition coefficient (Wildman–Crippen LogP) is 1.58. The Morgan fingerprint density at radius 3 is 3.05 bits per heavy atom. The molecule has 1 unspecified atom stereocenters. The number of hydrogen-bond acceptors (Lipinski definition) is 6. The van der Waals surface area contributed by atoms with Crippen LogP contribution in [-0.4, -0.2) is 52.6 Å². The van der Waals surface area contributed by atoms with Gasteiger partial charge in [0.25, 0.3) is 5.89 Å². The number of aliphatic hydroxyl groups is 1. The molecule has 0 spiro atoms. The molecule has 0 amide bonds. The number of halogens is 1. The second-order valence-electron chi connectivity index (χ2n) is 4.91. The average Bonchev–Trinajstić information content (AvgIpc) is 2.96. The highest BCUT2D eigenvalue weighted by Gasteiger charge is 2.21. The van der Waals surface area contributed by atoms with Crippen molar-refractivity contribution in [1.82, 2.24) is 15.0 Å². The third-order valence-corrected chi connectivity index (χ3v) is 3.69. The van der Waals surface area contributed by atoms with Crippen LogP contribution < -0.4 is 0 Å². The summed E-state index contributed by atoms with van der Waals surface area (Å²) in [5, 5.41) is 13.7. The van der Waals surface area contributed by atoms with E-state index >= 15 is 0 Å². The predicted molar refractivity (Wildman–Crippen MR) is 76.8 cm³/mol. The Balaban J connectivity index is 1.69. The normalized spacial score (nSPS) is 19.8. The fraction of sp³-hybridized carbons (Fsp3) is 0.429. The van der Waals surface area contributed by atoms with Crippen LogP contribution in [0.2, 0.25) is 5.02 Å². The topological polar surface area (TPSA) is 71.6 Å².